The van der Waals surface area contributed by atoms with E-state index >= 15 is 0 Å². The Bertz CT molecular complexity index is 1090. The van der Waals surface area contributed by atoms with E-state index in [-0.39, 0.29) is 11.5 Å². The van der Waals surface area contributed by atoms with Gasteiger partial charge in [-0.05, 0) is 37.0 Å². The molecule has 0 bridgehead atoms. The highest BCUT2D eigenvalue weighted by molar-refractivity contribution is 5.80. The highest BCUT2D eigenvalue weighted by Crippen LogP contribution is 2.13. The molecule has 1 aromatic heterocycles. The van der Waals surface area contributed by atoms with Crippen LogP contribution in [-0.4, -0.2) is 51.4 Å². The van der Waals surface area contributed by atoms with Gasteiger partial charge in [0.1, 0.15) is 0 Å². The first kappa shape index (κ1) is 21.2. The second-order valence-electron chi connectivity index (χ2n) is 8.31. The number of aromatic nitrogens is 2. The summed E-state index contributed by atoms with van der Waals surface area (Å²) in [7, 11) is 0. The second kappa shape index (κ2) is 9.88. The molecule has 1 saturated heterocycles. The van der Waals surface area contributed by atoms with Gasteiger partial charge in [-0.3, -0.25) is 19.1 Å². The molecule has 6 nitrogen and oxygen atoms in total. The Kier molecular flexibility index (Phi) is 6.77. The van der Waals surface area contributed by atoms with E-state index in [1.807, 2.05) is 36.1 Å². The fourth-order valence-corrected chi connectivity index (χ4v) is 4.28. The SMILES string of the molecule is Cc1cccc2c(=O)n(CCCC(=O)N3CCCN(Cc4ccccc4)CC3)cnc12. The molecular formula is C25H30N4O2. The van der Waals surface area contributed by atoms with Gasteiger partial charge in [0, 0.05) is 45.7 Å². The monoisotopic (exact) mass is 418 g/mol. The lowest BCUT2D eigenvalue weighted by Crippen LogP contribution is -2.35. The number of aryl methyl sites for hydroxylation is 2. The van der Waals surface area contributed by atoms with Crippen LogP contribution in [0.2, 0.25) is 0 Å². The van der Waals surface area contributed by atoms with Crippen molar-refractivity contribution in [1.29, 1.82) is 0 Å². The van der Waals surface area contributed by atoms with Crippen LogP contribution in [0.3, 0.4) is 0 Å². The molecule has 162 valence electrons. The normalized spacial score (nSPS) is 15.2. The zero-order valence-corrected chi connectivity index (χ0v) is 18.2. The van der Waals surface area contributed by atoms with Crippen molar-refractivity contribution < 1.29 is 4.79 Å². The van der Waals surface area contributed by atoms with E-state index in [1.54, 1.807) is 10.9 Å². The predicted octanol–water partition coefficient (Wildman–Crippen LogP) is 3.22. The second-order valence-corrected chi connectivity index (χ2v) is 8.31. The van der Waals surface area contributed by atoms with Crippen LogP contribution < -0.4 is 5.56 Å². The van der Waals surface area contributed by atoms with E-state index < -0.39 is 0 Å². The Morgan fingerprint density at radius 1 is 1.00 bits per heavy atom. The lowest BCUT2D eigenvalue weighted by Gasteiger charge is -2.22. The van der Waals surface area contributed by atoms with E-state index in [0.29, 0.717) is 24.8 Å². The van der Waals surface area contributed by atoms with Crippen molar-refractivity contribution in [3.8, 4) is 0 Å². The van der Waals surface area contributed by atoms with Crippen LogP contribution in [0.1, 0.15) is 30.4 Å². The molecule has 1 fully saturated rings. The molecule has 1 aliphatic heterocycles. The summed E-state index contributed by atoms with van der Waals surface area (Å²) in [4.78, 5) is 34.3. The molecule has 1 aliphatic rings. The lowest BCUT2D eigenvalue weighted by atomic mass is 10.1. The van der Waals surface area contributed by atoms with Crippen LogP contribution >= 0.6 is 0 Å². The fraction of sp³-hybridized carbons (Fsp3) is 0.400. The molecule has 2 aromatic carbocycles. The Labute approximate surface area is 183 Å². The molecule has 1 amide bonds. The fourth-order valence-electron chi connectivity index (χ4n) is 4.28. The number of amides is 1. The molecule has 0 spiro atoms. The number of hydrogen-bond donors (Lipinski definition) is 0. The van der Waals surface area contributed by atoms with Crippen LogP contribution in [0.25, 0.3) is 10.9 Å². The van der Waals surface area contributed by atoms with Gasteiger partial charge in [-0.2, -0.15) is 0 Å². The van der Waals surface area contributed by atoms with Gasteiger partial charge in [-0.15, -0.1) is 0 Å². The molecule has 0 N–H and O–H groups in total. The first-order valence-corrected chi connectivity index (χ1v) is 11.1. The zero-order valence-electron chi connectivity index (χ0n) is 18.2. The highest BCUT2D eigenvalue weighted by Gasteiger charge is 2.19. The largest absolute Gasteiger partial charge is 0.341 e. The van der Waals surface area contributed by atoms with E-state index in [1.165, 1.54) is 5.56 Å². The smallest absolute Gasteiger partial charge is 0.261 e. The maximum absolute atomic E-state index is 12.8. The summed E-state index contributed by atoms with van der Waals surface area (Å²) in [6.07, 6.45) is 3.69. The number of rotatable bonds is 6. The van der Waals surface area contributed by atoms with Crippen molar-refractivity contribution in [3.63, 3.8) is 0 Å². The van der Waals surface area contributed by atoms with Crippen molar-refractivity contribution in [2.24, 2.45) is 0 Å². The summed E-state index contributed by atoms with van der Waals surface area (Å²) >= 11 is 0. The Balaban J connectivity index is 1.29. The molecule has 0 aliphatic carbocycles. The molecule has 31 heavy (non-hydrogen) atoms. The number of para-hydroxylation sites is 1. The minimum Gasteiger partial charge on any atom is -0.341 e. The van der Waals surface area contributed by atoms with Gasteiger partial charge in [0.2, 0.25) is 5.91 Å². The van der Waals surface area contributed by atoms with E-state index in [2.05, 4.69) is 34.1 Å². The minimum absolute atomic E-state index is 0.0347. The Hall–Kier alpha value is -2.99. The van der Waals surface area contributed by atoms with Gasteiger partial charge < -0.3 is 4.90 Å². The van der Waals surface area contributed by atoms with Crippen molar-refractivity contribution >= 4 is 16.8 Å². The van der Waals surface area contributed by atoms with Crippen LogP contribution in [0.5, 0.6) is 0 Å². The third kappa shape index (κ3) is 5.20. The van der Waals surface area contributed by atoms with Crippen molar-refractivity contribution in [2.45, 2.75) is 39.3 Å². The highest BCUT2D eigenvalue weighted by atomic mass is 16.2. The van der Waals surface area contributed by atoms with Crippen LogP contribution in [0.4, 0.5) is 0 Å². The lowest BCUT2D eigenvalue weighted by molar-refractivity contribution is -0.131. The average molecular weight is 419 g/mol. The summed E-state index contributed by atoms with van der Waals surface area (Å²) < 4.78 is 1.62. The van der Waals surface area contributed by atoms with Crippen LogP contribution in [-0.2, 0) is 17.9 Å². The van der Waals surface area contributed by atoms with Crippen LogP contribution in [0, 0.1) is 6.92 Å². The molecule has 0 saturated carbocycles. The van der Waals surface area contributed by atoms with Crippen molar-refractivity contribution in [2.75, 3.05) is 26.2 Å². The predicted molar refractivity (Wildman–Crippen MR) is 123 cm³/mol. The molecule has 4 rings (SSSR count). The van der Waals surface area contributed by atoms with Gasteiger partial charge >= 0.3 is 0 Å². The van der Waals surface area contributed by atoms with E-state index in [0.717, 1.165) is 50.2 Å². The molecular weight excluding hydrogens is 388 g/mol. The molecule has 3 aromatic rings. The molecule has 0 atom stereocenters. The standard InChI is InChI=1S/C25H30N4O2/c1-20-8-5-11-22-24(20)26-19-29(25(22)31)14-6-12-23(30)28-15-7-13-27(16-17-28)18-21-9-3-2-4-10-21/h2-5,8-11,19H,6-7,12-18H2,1H3. The number of benzene rings is 2. The summed E-state index contributed by atoms with van der Waals surface area (Å²) in [6, 6.07) is 16.1. The number of carbonyl (C=O) groups is 1. The minimum atomic E-state index is -0.0347. The van der Waals surface area contributed by atoms with Crippen LogP contribution in [0.15, 0.2) is 59.7 Å². The van der Waals surface area contributed by atoms with Crippen molar-refractivity contribution in [1.82, 2.24) is 19.4 Å². The third-order valence-electron chi connectivity index (χ3n) is 6.04. The van der Waals surface area contributed by atoms with Gasteiger partial charge in [-0.1, -0.05) is 42.5 Å². The van der Waals surface area contributed by atoms with Crippen molar-refractivity contribution in [3.05, 3.63) is 76.3 Å². The first-order valence-electron chi connectivity index (χ1n) is 11.1. The molecule has 6 heteroatoms. The number of hydrogen-bond acceptors (Lipinski definition) is 4. The summed E-state index contributed by atoms with van der Waals surface area (Å²) in [5, 5.41) is 0.639. The molecule has 0 radical (unpaired) electrons. The summed E-state index contributed by atoms with van der Waals surface area (Å²) in [6.45, 7) is 6.88. The van der Waals surface area contributed by atoms with Gasteiger partial charge in [0.05, 0.1) is 17.2 Å². The molecule has 0 unspecified atom stereocenters. The average Bonchev–Trinajstić information content (AvgIpc) is 3.02. The maximum Gasteiger partial charge on any atom is 0.261 e. The number of carbonyl (C=O) groups excluding carboxylic acids is 1. The third-order valence-corrected chi connectivity index (χ3v) is 6.04. The van der Waals surface area contributed by atoms with Gasteiger partial charge in [0.25, 0.3) is 5.56 Å². The summed E-state index contributed by atoms with van der Waals surface area (Å²) in [5.41, 5.74) is 3.03. The topological polar surface area (TPSA) is 58.4 Å². The van der Waals surface area contributed by atoms with E-state index in [9.17, 15) is 9.59 Å². The van der Waals surface area contributed by atoms with Gasteiger partial charge in [-0.25, -0.2) is 4.98 Å². The number of fused-ring (bicyclic) bond motifs is 1. The maximum atomic E-state index is 12.8. The number of nitrogens with zero attached hydrogens (tertiary/aromatic N) is 4. The molecule has 2 heterocycles. The van der Waals surface area contributed by atoms with Gasteiger partial charge in [0.15, 0.2) is 0 Å². The Morgan fingerprint density at radius 2 is 1.84 bits per heavy atom. The summed E-state index contributed by atoms with van der Waals surface area (Å²) in [5.74, 6) is 0.180. The quantitative estimate of drug-likeness (QED) is 0.617. The first-order chi connectivity index (χ1) is 15.1. The zero-order chi connectivity index (χ0) is 21.6. The Morgan fingerprint density at radius 3 is 2.68 bits per heavy atom. The van der Waals surface area contributed by atoms with E-state index in [4.69, 9.17) is 0 Å².